The lowest BCUT2D eigenvalue weighted by atomic mass is 10.0. The Kier molecular flexibility index (Phi) is 4.54. The lowest BCUT2D eigenvalue weighted by Gasteiger charge is -2.07. The van der Waals surface area contributed by atoms with Crippen LogP contribution < -0.4 is 10.7 Å². The molecule has 2 N–H and O–H groups in total. The molecule has 0 atom stereocenters. The summed E-state index contributed by atoms with van der Waals surface area (Å²) in [5.41, 5.74) is 5.44. The Hall–Kier alpha value is -3.67. The standard InChI is InChI=1S/C23H19NO5/c1-12-3-4-13(2)15(9-12)10-14-5-7-18-20(25)17-8-6-16(24-22(26)23(27)28)11-19(17)29-21(14)18/h3-4,6,8-11H,5,7H2,1-2H3,(H,24,26)(H,27,28). The molecule has 0 aliphatic heterocycles. The summed E-state index contributed by atoms with van der Waals surface area (Å²) in [7, 11) is 0. The molecule has 6 heteroatoms. The summed E-state index contributed by atoms with van der Waals surface area (Å²) in [6.07, 6.45) is 3.38. The van der Waals surface area contributed by atoms with Gasteiger partial charge in [-0.3, -0.25) is 9.59 Å². The van der Waals surface area contributed by atoms with E-state index in [9.17, 15) is 14.4 Å². The second-order valence-electron chi connectivity index (χ2n) is 7.24. The highest BCUT2D eigenvalue weighted by molar-refractivity contribution is 6.36. The van der Waals surface area contributed by atoms with Gasteiger partial charge in [0, 0.05) is 17.3 Å². The Bertz CT molecular complexity index is 1270. The number of allylic oxidation sites excluding steroid dienone is 1. The molecule has 0 saturated heterocycles. The van der Waals surface area contributed by atoms with Crippen LogP contribution in [0, 0.1) is 13.8 Å². The van der Waals surface area contributed by atoms with Crippen LogP contribution in [-0.2, 0) is 16.0 Å². The number of aliphatic carboxylic acids is 1. The largest absolute Gasteiger partial charge is 0.474 e. The third kappa shape index (κ3) is 3.45. The van der Waals surface area contributed by atoms with Gasteiger partial charge in [0.05, 0.1) is 5.39 Å². The number of hydrogen-bond donors (Lipinski definition) is 2. The van der Waals surface area contributed by atoms with Crippen molar-refractivity contribution in [3.8, 4) is 0 Å². The average Bonchev–Trinajstić information content (AvgIpc) is 3.07. The van der Waals surface area contributed by atoms with Gasteiger partial charge in [-0.2, -0.15) is 0 Å². The molecule has 0 spiro atoms. The zero-order valence-electron chi connectivity index (χ0n) is 16.0. The van der Waals surface area contributed by atoms with Gasteiger partial charge in [-0.1, -0.05) is 23.8 Å². The molecule has 1 aliphatic rings. The highest BCUT2D eigenvalue weighted by atomic mass is 16.4. The lowest BCUT2D eigenvalue weighted by molar-refractivity contribution is -0.147. The summed E-state index contributed by atoms with van der Waals surface area (Å²) in [5.74, 6) is -2.17. The number of carboxylic acid groups (broad SMARTS) is 1. The zero-order chi connectivity index (χ0) is 20.7. The molecule has 4 rings (SSSR count). The van der Waals surface area contributed by atoms with E-state index in [2.05, 4.69) is 29.6 Å². The van der Waals surface area contributed by atoms with Crippen LogP contribution in [0.15, 0.2) is 45.6 Å². The Morgan fingerprint density at radius 3 is 2.66 bits per heavy atom. The molecule has 1 heterocycles. The number of aryl methyl sites for hydroxylation is 2. The molecule has 146 valence electrons. The highest BCUT2D eigenvalue weighted by Gasteiger charge is 2.24. The number of nitrogens with one attached hydrogen (secondary N) is 1. The van der Waals surface area contributed by atoms with E-state index in [0.29, 0.717) is 35.1 Å². The number of benzene rings is 2. The summed E-state index contributed by atoms with van der Waals surface area (Å²) in [6, 6.07) is 10.7. The molecule has 0 radical (unpaired) electrons. The number of carboxylic acids is 1. The van der Waals surface area contributed by atoms with Gasteiger partial charge in [0.15, 0.2) is 5.43 Å². The van der Waals surface area contributed by atoms with Crippen LogP contribution >= 0.6 is 0 Å². The molecule has 1 aliphatic carbocycles. The van der Waals surface area contributed by atoms with Crippen LogP contribution in [0.5, 0.6) is 0 Å². The molecule has 0 fully saturated rings. The molecule has 1 amide bonds. The van der Waals surface area contributed by atoms with Crippen molar-refractivity contribution in [1.82, 2.24) is 0 Å². The molecule has 6 nitrogen and oxygen atoms in total. The Morgan fingerprint density at radius 1 is 1.10 bits per heavy atom. The fourth-order valence-corrected chi connectivity index (χ4v) is 3.59. The van der Waals surface area contributed by atoms with Crippen molar-refractivity contribution in [3.63, 3.8) is 0 Å². The van der Waals surface area contributed by atoms with Gasteiger partial charge in [0.1, 0.15) is 11.3 Å². The number of rotatable bonds is 2. The fraction of sp³-hybridized carbons (Fsp3) is 0.174. The maximum Gasteiger partial charge on any atom is 0.394 e. The van der Waals surface area contributed by atoms with Gasteiger partial charge >= 0.3 is 11.9 Å². The van der Waals surface area contributed by atoms with Gasteiger partial charge in [0.2, 0.25) is 0 Å². The van der Waals surface area contributed by atoms with Crippen LogP contribution in [0.2, 0.25) is 0 Å². The highest BCUT2D eigenvalue weighted by Crippen LogP contribution is 2.35. The number of amides is 1. The normalized spacial score (nSPS) is 14.2. The third-order valence-corrected chi connectivity index (χ3v) is 5.14. The average molecular weight is 389 g/mol. The van der Waals surface area contributed by atoms with Crippen LogP contribution in [-0.4, -0.2) is 17.0 Å². The van der Waals surface area contributed by atoms with Gasteiger partial charge < -0.3 is 14.8 Å². The monoisotopic (exact) mass is 389 g/mol. The Balaban J connectivity index is 1.82. The molecule has 2 aromatic carbocycles. The van der Waals surface area contributed by atoms with Crippen molar-refractivity contribution in [2.75, 3.05) is 5.32 Å². The summed E-state index contributed by atoms with van der Waals surface area (Å²) in [6.45, 7) is 4.07. The minimum absolute atomic E-state index is 0.0956. The fourth-order valence-electron chi connectivity index (χ4n) is 3.59. The quantitative estimate of drug-likeness (QED) is 0.648. The molecular formula is C23H19NO5. The van der Waals surface area contributed by atoms with Crippen LogP contribution in [0.4, 0.5) is 5.69 Å². The van der Waals surface area contributed by atoms with E-state index in [1.807, 2.05) is 13.8 Å². The van der Waals surface area contributed by atoms with Crippen molar-refractivity contribution in [1.29, 1.82) is 0 Å². The second kappa shape index (κ2) is 7.05. The van der Waals surface area contributed by atoms with Crippen molar-refractivity contribution in [2.24, 2.45) is 0 Å². The number of fused-ring (bicyclic) bond motifs is 2. The second-order valence-corrected chi connectivity index (χ2v) is 7.24. The topological polar surface area (TPSA) is 96.6 Å². The van der Waals surface area contributed by atoms with E-state index < -0.39 is 11.9 Å². The number of anilines is 1. The Labute approximate surface area is 166 Å². The summed E-state index contributed by atoms with van der Waals surface area (Å²) >= 11 is 0. The first-order valence-corrected chi connectivity index (χ1v) is 9.25. The molecule has 3 aromatic rings. The minimum atomic E-state index is -1.58. The predicted octanol–water partition coefficient (Wildman–Crippen LogP) is 3.92. The maximum absolute atomic E-state index is 12.9. The smallest absolute Gasteiger partial charge is 0.394 e. The maximum atomic E-state index is 12.9. The van der Waals surface area contributed by atoms with E-state index in [1.54, 1.807) is 6.07 Å². The van der Waals surface area contributed by atoms with E-state index in [1.165, 1.54) is 12.1 Å². The molecule has 0 bridgehead atoms. The first-order chi connectivity index (χ1) is 13.8. The van der Waals surface area contributed by atoms with E-state index in [4.69, 9.17) is 9.52 Å². The van der Waals surface area contributed by atoms with Gasteiger partial charge in [0.25, 0.3) is 0 Å². The molecule has 0 unspecified atom stereocenters. The van der Waals surface area contributed by atoms with Crippen LogP contribution in [0.3, 0.4) is 0 Å². The van der Waals surface area contributed by atoms with Crippen molar-refractivity contribution >= 4 is 40.2 Å². The van der Waals surface area contributed by atoms with Crippen molar-refractivity contribution in [3.05, 3.63) is 74.6 Å². The Morgan fingerprint density at radius 2 is 1.90 bits per heavy atom. The van der Waals surface area contributed by atoms with Gasteiger partial charge in [-0.25, -0.2) is 4.79 Å². The van der Waals surface area contributed by atoms with Crippen molar-refractivity contribution < 1.29 is 19.1 Å². The zero-order valence-corrected chi connectivity index (χ0v) is 16.0. The summed E-state index contributed by atoms with van der Waals surface area (Å²) < 4.78 is 6.06. The van der Waals surface area contributed by atoms with Crippen LogP contribution in [0.25, 0.3) is 22.6 Å². The number of carbonyl (C=O) groups is 2. The van der Waals surface area contributed by atoms with Crippen molar-refractivity contribution in [2.45, 2.75) is 26.7 Å². The lowest BCUT2D eigenvalue weighted by Crippen LogP contribution is -2.21. The van der Waals surface area contributed by atoms with E-state index in [-0.39, 0.29) is 11.1 Å². The number of hydrogen-bond acceptors (Lipinski definition) is 4. The molecular weight excluding hydrogens is 370 g/mol. The predicted molar refractivity (Wildman–Crippen MR) is 111 cm³/mol. The SMILES string of the molecule is Cc1ccc(C)c(C=C2CCc3c2oc2cc(NC(=O)C(=O)O)ccc2c3=O)c1. The third-order valence-electron chi connectivity index (χ3n) is 5.14. The van der Waals surface area contributed by atoms with E-state index in [0.717, 1.165) is 22.3 Å². The van der Waals surface area contributed by atoms with E-state index >= 15 is 0 Å². The first-order valence-electron chi connectivity index (χ1n) is 9.25. The van der Waals surface area contributed by atoms with Crippen LogP contribution in [0.1, 0.15) is 34.4 Å². The molecule has 0 saturated carbocycles. The minimum Gasteiger partial charge on any atom is -0.474 e. The summed E-state index contributed by atoms with van der Waals surface area (Å²) in [5, 5.41) is 11.4. The molecule has 29 heavy (non-hydrogen) atoms. The summed E-state index contributed by atoms with van der Waals surface area (Å²) in [4.78, 5) is 35.1. The van der Waals surface area contributed by atoms with Gasteiger partial charge in [-0.15, -0.1) is 0 Å². The molecule has 1 aromatic heterocycles. The first kappa shape index (κ1) is 18.7. The number of carbonyl (C=O) groups excluding carboxylic acids is 1. The van der Waals surface area contributed by atoms with Gasteiger partial charge in [-0.05, 0) is 61.6 Å².